The first-order valence-corrected chi connectivity index (χ1v) is 4.94. The summed E-state index contributed by atoms with van der Waals surface area (Å²) < 4.78 is 0. The van der Waals surface area contributed by atoms with Crippen molar-refractivity contribution in [2.75, 3.05) is 0 Å². The van der Waals surface area contributed by atoms with Gasteiger partial charge in [-0.2, -0.15) is 0 Å². The number of rotatable bonds is 3. The van der Waals surface area contributed by atoms with E-state index in [2.05, 4.69) is 0 Å². The molecule has 14 heavy (non-hydrogen) atoms. The van der Waals surface area contributed by atoms with Crippen molar-refractivity contribution < 1.29 is 9.90 Å². The van der Waals surface area contributed by atoms with Crippen molar-refractivity contribution in [3.8, 4) is 0 Å². The van der Waals surface area contributed by atoms with Crippen LogP contribution in [-0.4, -0.2) is 16.5 Å². The second-order valence-electron chi connectivity index (χ2n) is 3.08. The largest absolute Gasteiger partial charge is 0.480 e. The van der Waals surface area contributed by atoms with Crippen LogP contribution in [0.2, 0.25) is 5.02 Å². The summed E-state index contributed by atoms with van der Waals surface area (Å²) in [6.07, 6.45) is 0.319. The van der Waals surface area contributed by atoms with Crippen LogP contribution in [0.4, 0.5) is 0 Å². The molecule has 4 heteroatoms. The number of aliphatic carboxylic acids is 1. The molecule has 1 unspecified atom stereocenters. The molecule has 0 saturated heterocycles. The molecule has 0 aromatic heterocycles. The van der Waals surface area contributed by atoms with Gasteiger partial charge in [-0.15, -0.1) is 11.6 Å². The lowest BCUT2D eigenvalue weighted by atomic mass is 10.0. The molecular weight excluding hydrogens is 223 g/mol. The van der Waals surface area contributed by atoms with Crippen LogP contribution in [0.5, 0.6) is 0 Å². The molecule has 1 aromatic rings. The van der Waals surface area contributed by atoms with Gasteiger partial charge in [0.1, 0.15) is 5.38 Å². The van der Waals surface area contributed by atoms with Gasteiger partial charge >= 0.3 is 5.97 Å². The predicted octanol–water partition coefficient (Wildman–Crippen LogP) is 2.88. The monoisotopic (exact) mass is 232 g/mol. The summed E-state index contributed by atoms with van der Waals surface area (Å²) in [4.78, 5) is 10.5. The molecule has 0 radical (unpaired) electrons. The van der Waals surface area contributed by atoms with E-state index in [-0.39, 0.29) is 0 Å². The van der Waals surface area contributed by atoms with E-state index in [0.717, 1.165) is 11.1 Å². The highest BCUT2D eigenvalue weighted by atomic mass is 35.5. The molecule has 1 N–H and O–H groups in total. The summed E-state index contributed by atoms with van der Waals surface area (Å²) in [7, 11) is 0. The lowest BCUT2D eigenvalue weighted by Gasteiger charge is -2.07. The van der Waals surface area contributed by atoms with Gasteiger partial charge in [-0.05, 0) is 36.6 Å². The maximum absolute atomic E-state index is 10.5. The Bertz CT molecular complexity index is 350. The quantitative estimate of drug-likeness (QED) is 0.815. The summed E-state index contributed by atoms with van der Waals surface area (Å²) in [6.45, 7) is 1.88. The van der Waals surface area contributed by atoms with E-state index in [1.807, 2.05) is 6.92 Å². The molecule has 0 bridgehead atoms. The van der Waals surface area contributed by atoms with Crippen LogP contribution in [-0.2, 0) is 11.2 Å². The first kappa shape index (κ1) is 11.3. The highest BCUT2D eigenvalue weighted by molar-refractivity contribution is 6.30. The van der Waals surface area contributed by atoms with Crippen molar-refractivity contribution in [1.29, 1.82) is 0 Å². The summed E-state index contributed by atoms with van der Waals surface area (Å²) >= 11 is 11.4. The summed E-state index contributed by atoms with van der Waals surface area (Å²) in [5.41, 5.74) is 1.88. The number of carbonyl (C=O) groups is 1. The molecule has 1 aromatic carbocycles. The molecule has 0 aliphatic rings. The Labute approximate surface area is 92.5 Å². The van der Waals surface area contributed by atoms with Crippen molar-refractivity contribution in [2.24, 2.45) is 0 Å². The first-order valence-electron chi connectivity index (χ1n) is 4.12. The average Bonchev–Trinajstić information content (AvgIpc) is 2.09. The normalized spacial score (nSPS) is 12.5. The molecule has 0 aliphatic carbocycles. The smallest absolute Gasteiger partial charge is 0.321 e. The molecule has 76 valence electrons. The minimum atomic E-state index is -0.999. The Morgan fingerprint density at radius 3 is 2.71 bits per heavy atom. The van der Waals surface area contributed by atoms with E-state index in [1.54, 1.807) is 18.2 Å². The maximum atomic E-state index is 10.5. The Balaban J connectivity index is 2.82. The Morgan fingerprint density at radius 1 is 1.57 bits per heavy atom. The second-order valence-corrected chi connectivity index (χ2v) is 4.04. The molecule has 0 heterocycles. The summed E-state index contributed by atoms with van der Waals surface area (Å²) in [5.74, 6) is -0.999. The van der Waals surface area contributed by atoms with Crippen molar-refractivity contribution in [3.63, 3.8) is 0 Å². The molecule has 0 aliphatic heterocycles. The topological polar surface area (TPSA) is 37.3 Å². The fourth-order valence-electron chi connectivity index (χ4n) is 1.17. The van der Waals surface area contributed by atoms with Crippen LogP contribution < -0.4 is 0 Å². The number of aryl methyl sites for hydroxylation is 1. The van der Waals surface area contributed by atoms with Crippen molar-refractivity contribution >= 4 is 29.2 Å². The van der Waals surface area contributed by atoms with E-state index in [9.17, 15) is 4.79 Å². The lowest BCUT2D eigenvalue weighted by Crippen LogP contribution is -2.16. The van der Waals surface area contributed by atoms with Crippen molar-refractivity contribution in [2.45, 2.75) is 18.7 Å². The Morgan fingerprint density at radius 2 is 2.21 bits per heavy atom. The highest BCUT2D eigenvalue weighted by Crippen LogP contribution is 2.18. The van der Waals surface area contributed by atoms with Gasteiger partial charge < -0.3 is 5.11 Å². The van der Waals surface area contributed by atoms with Crippen LogP contribution in [0, 0.1) is 6.92 Å². The van der Waals surface area contributed by atoms with E-state index in [0.29, 0.717) is 11.4 Å². The van der Waals surface area contributed by atoms with E-state index < -0.39 is 11.3 Å². The third kappa shape index (κ3) is 2.89. The first-order chi connectivity index (χ1) is 6.50. The molecule has 0 saturated carbocycles. The lowest BCUT2D eigenvalue weighted by molar-refractivity contribution is -0.136. The van der Waals surface area contributed by atoms with Gasteiger partial charge in [0.05, 0.1) is 0 Å². The number of carboxylic acids is 1. The number of hydrogen-bond donors (Lipinski definition) is 1. The number of hydrogen-bond acceptors (Lipinski definition) is 1. The van der Waals surface area contributed by atoms with Gasteiger partial charge in [0.15, 0.2) is 0 Å². The fourth-order valence-corrected chi connectivity index (χ4v) is 1.56. The van der Waals surface area contributed by atoms with Crippen LogP contribution in [0.1, 0.15) is 11.1 Å². The van der Waals surface area contributed by atoms with Gasteiger partial charge in [-0.25, -0.2) is 0 Å². The number of alkyl halides is 1. The van der Waals surface area contributed by atoms with Gasteiger partial charge in [0.25, 0.3) is 0 Å². The predicted molar refractivity (Wildman–Crippen MR) is 57.2 cm³/mol. The fraction of sp³-hybridized carbons (Fsp3) is 0.300. The zero-order chi connectivity index (χ0) is 10.7. The Hall–Kier alpha value is -0.730. The van der Waals surface area contributed by atoms with Crippen molar-refractivity contribution in [1.82, 2.24) is 0 Å². The highest BCUT2D eigenvalue weighted by Gasteiger charge is 2.15. The summed E-state index contributed by atoms with van der Waals surface area (Å²) in [6, 6.07) is 5.33. The van der Waals surface area contributed by atoms with Gasteiger partial charge in [0, 0.05) is 5.02 Å². The minimum Gasteiger partial charge on any atom is -0.480 e. The molecule has 0 amide bonds. The average molecular weight is 233 g/mol. The molecule has 0 fully saturated rings. The zero-order valence-electron chi connectivity index (χ0n) is 7.63. The SMILES string of the molecule is Cc1cc(Cl)ccc1CC(Cl)C(=O)O. The van der Waals surface area contributed by atoms with Gasteiger partial charge in [-0.1, -0.05) is 17.7 Å². The number of halogens is 2. The van der Waals surface area contributed by atoms with E-state index >= 15 is 0 Å². The molecule has 0 spiro atoms. The van der Waals surface area contributed by atoms with E-state index in [1.165, 1.54) is 0 Å². The third-order valence-corrected chi connectivity index (χ3v) is 2.55. The Kier molecular flexibility index (Phi) is 3.78. The molecular formula is C10H10Cl2O2. The second kappa shape index (κ2) is 4.67. The van der Waals surface area contributed by atoms with Crippen LogP contribution in [0.25, 0.3) is 0 Å². The standard InChI is InChI=1S/C10H10Cl2O2/c1-6-4-8(11)3-2-7(6)5-9(12)10(13)14/h2-4,9H,5H2,1H3,(H,13,14). The maximum Gasteiger partial charge on any atom is 0.321 e. The molecule has 2 nitrogen and oxygen atoms in total. The molecule has 1 atom stereocenters. The number of benzene rings is 1. The zero-order valence-corrected chi connectivity index (χ0v) is 9.14. The minimum absolute atomic E-state index is 0.319. The van der Waals surface area contributed by atoms with E-state index in [4.69, 9.17) is 28.3 Å². The van der Waals surface area contributed by atoms with Crippen LogP contribution in [0.15, 0.2) is 18.2 Å². The third-order valence-electron chi connectivity index (χ3n) is 1.97. The van der Waals surface area contributed by atoms with Gasteiger partial charge in [0.2, 0.25) is 0 Å². The van der Waals surface area contributed by atoms with Crippen LogP contribution in [0.3, 0.4) is 0 Å². The molecule has 1 rings (SSSR count). The number of carboxylic acid groups (broad SMARTS) is 1. The van der Waals surface area contributed by atoms with Crippen molar-refractivity contribution in [3.05, 3.63) is 34.3 Å². The summed E-state index contributed by atoms with van der Waals surface area (Å²) in [5, 5.41) is 8.40. The van der Waals surface area contributed by atoms with Gasteiger partial charge in [-0.3, -0.25) is 4.79 Å². The van der Waals surface area contributed by atoms with Crippen LogP contribution >= 0.6 is 23.2 Å².